The highest BCUT2D eigenvalue weighted by molar-refractivity contribution is 5.89. The lowest BCUT2D eigenvalue weighted by Gasteiger charge is -2.17. The molecule has 0 bridgehead atoms. The minimum atomic E-state index is -1.16. The summed E-state index contributed by atoms with van der Waals surface area (Å²) in [7, 11) is 0. The van der Waals surface area contributed by atoms with Crippen molar-refractivity contribution in [2.45, 2.75) is 26.5 Å². The molecule has 1 heterocycles. The number of esters is 1. The number of nitrogens with zero attached hydrogens (tertiary/aromatic N) is 3. The Balaban J connectivity index is 2.11. The molecule has 1 N–H and O–H groups in total. The van der Waals surface area contributed by atoms with Crippen LogP contribution in [0.5, 0.6) is 0 Å². The number of carbonyl (C=O) groups excluding carboxylic acids is 2. The number of nitrogens with one attached hydrogen (secondary N) is 1. The smallest absolute Gasteiger partial charge is 0.412 e. The Morgan fingerprint density at radius 1 is 1.40 bits per heavy atom. The lowest BCUT2D eigenvalue weighted by Crippen LogP contribution is -2.35. The van der Waals surface area contributed by atoms with E-state index in [1.807, 2.05) is 6.07 Å². The summed E-state index contributed by atoms with van der Waals surface area (Å²) in [5.41, 5.74) is 1.35. The number of benzene rings is 1. The molecule has 25 heavy (non-hydrogen) atoms. The van der Waals surface area contributed by atoms with Gasteiger partial charge in [-0.3, -0.25) is 10.00 Å². The Labute approximate surface area is 145 Å². The molecular weight excluding hydrogens is 324 g/mol. The first-order chi connectivity index (χ1) is 12.0. The molecule has 1 aromatic heterocycles. The zero-order chi connectivity index (χ0) is 18.2. The Morgan fingerprint density at radius 3 is 2.84 bits per heavy atom. The lowest BCUT2D eigenvalue weighted by molar-refractivity contribution is -0.153. The lowest BCUT2D eigenvalue weighted by atomic mass is 10.1. The summed E-state index contributed by atoms with van der Waals surface area (Å²) in [4.78, 5) is 24.2. The summed E-state index contributed by atoms with van der Waals surface area (Å²) in [6.07, 6.45) is 1.18. The molecule has 0 saturated heterocycles. The topological polar surface area (TPSA) is 106 Å². The second kappa shape index (κ2) is 8.49. The van der Waals surface area contributed by atoms with E-state index in [0.29, 0.717) is 16.8 Å². The minimum Gasteiger partial charge on any atom is -0.463 e. The quantitative estimate of drug-likeness (QED) is 0.807. The summed E-state index contributed by atoms with van der Waals surface area (Å²) < 4.78 is 11.6. The summed E-state index contributed by atoms with van der Waals surface area (Å²) in [6, 6.07) is 8.73. The van der Waals surface area contributed by atoms with E-state index in [-0.39, 0.29) is 13.2 Å². The predicted molar refractivity (Wildman–Crippen MR) is 88.6 cm³/mol. The van der Waals surface area contributed by atoms with Crippen LogP contribution in [0, 0.1) is 18.3 Å². The van der Waals surface area contributed by atoms with Crippen LogP contribution in [0.4, 0.5) is 10.5 Å². The van der Waals surface area contributed by atoms with Gasteiger partial charge in [0, 0.05) is 12.4 Å². The first-order valence-electron chi connectivity index (χ1n) is 7.66. The van der Waals surface area contributed by atoms with Crippen molar-refractivity contribution in [1.29, 1.82) is 5.26 Å². The molecule has 8 nitrogen and oxygen atoms in total. The number of aromatic nitrogens is 2. The fraction of sp³-hybridized carbons (Fsp3) is 0.294. The highest BCUT2D eigenvalue weighted by Crippen LogP contribution is 2.20. The van der Waals surface area contributed by atoms with Crippen LogP contribution in [0.2, 0.25) is 0 Å². The minimum absolute atomic E-state index is 0.0259. The monoisotopic (exact) mass is 342 g/mol. The molecule has 130 valence electrons. The molecule has 0 spiro atoms. The number of anilines is 1. The number of para-hydroxylation sites is 1. The molecule has 0 aliphatic rings. The van der Waals surface area contributed by atoms with E-state index in [9.17, 15) is 9.59 Å². The Kier molecular flexibility index (Phi) is 6.12. The fourth-order valence-corrected chi connectivity index (χ4v) is 2.16. The van der Waals surface area contributed by atoms with Crippen LogP contribution in [0.3, 0.4) is 0 Å². The van der Waals surface area contributed by atoms with Crippen LogP contribution < -0.4 is 5.32 Å². The van der Waals surface area contributed by atoms with Gasteiger partial charge in [-0.25, -0.2) is 9.59 Å². The van der Waals surface area contributed by atoms with Gasteiger partial charge in [-0.1, -0.05) is 12.1 Å². The van der Waals surface area contributed by atoms with E-state index in [2.05, 4.69) is 10.4 Å². The largest absolute Gasteiger partial charge is 0.463 e. The Morgan fingerprint density at radius 2 is 2.20 bits per heavy atom. The number of aryl methyl sites for hydroxylation is 1. The van der Waals surface area contributed by atoms with Gasteiger partial charge in [-0.2, -0.15) is 10.4 Å². The van der Waals surface area contributed by atoms with E-state index >= 15 is 0 Å². The normalized spacial score (nSPS) is 11.2. The highest BCUT2D eigenvalue weighted by atomic mass is 16.6. The van der Waals surface area contributed by atoms with Gasteiger partial charge in [0.15, 0.2) is 0 Å². The third kappa shape index (κ3) is 4.81. The number of hydrogen-bond donors (Lipinski definition) is 1. The van der Waals surface area contributed by atoms with Crippen LogP contribution in [0.25, 0.3) is 0 Å². The summed E-state index contributed by atoms with van der Waals surface area (Å²) >= 11 is 0. The van der Waals surface area contributed by atoms with Gasteiger partial charge < -0.3 is 9.47 Å². The number of rotatable bonds is 6. The molecule has 2 aromatic rings. The van der Waals surface area contributed by atoms with Crippen LogP contribution in [0.15, 0.2) is 36.7 Å². The van der Waals surface area contributed by atoms with Crippen molar-refractivity contribution in [2.75, 3.05) is 11.9 Å². The van der Waals surface area contributed by atoms with Crippen molar-refractivity contribution >= 4 is 17.7 Å². The Bertz CT molecular complexity index is 780. The Hall–Kier alpha value is -3.34. The standard InChI is InChI=1S/C17H18N4O4/c1-3-24-16(22)14(11-21-9-5-8-19-21)25-17(23)20-15-12(2)6-4-7-13(15)10-18/h4-9,14H,3,11H2,1-2H3,(H,20,23). The van der Waals surface area contributed by atoms with E-state index < -0.39 is 18.2 Å². The molecule has 1 amide bonds. The van der Waals surface area contributed by atoms with Crippen LogP contribution in [-0.2, 0) is 20.8 Å². The summed E-state index contributed by atoms with van der Waals surface area (Å²) in [6.45, 7) is 3.60. The second-order valence-corrected chi connectivity index (χ2v) is 5.11. The van der Waals surface area contributed by atoms with Crippen molar-refractivity contribution in [2.24, 2.45) is 0 Å². The van der Waals surface area contributed by atoms with E-state index in [1.54, 1.807) is 50.5 Å². The molecule has 2 rings (SSSR count). The second-order valence-electron chi connectivity index (χ2n) is 5.11. The summed E-state index contributed by atoms with van der Waals surface area (Å²) in [5.74, 6) is -0.668. The van der Waals surface area contributed by atoms with Gasteiger partial charge in [-0.15, -0.1) is 0 Å². The number of carbonyl (C=O) groups is 2. The molecule has 8 heteroatoms. The number of nitriles is 1. The molecule has 1 unspecified atom stereocenters. The number of ether oxygens (including phenoxy) is 2. The first kappa shape index (κ1) is 18.0. The van der Waals surface area contributed by atoms with Crippen LogP contribution >= 0.6 is 0 Å². The first-order valence-corrected chi connectivity index (χ1v) is 7.66. The summed E-state index contributed by atoms with van der Waals surface area (Å²) in [5, 5.41) is 15.6. The van der Waals surface area contributed by atoms with Crippen molar-refractivity contribution < 1.29 is 19.1 Å². The van der Waals surface area contributed by atoms with Gasteiger partial charge in [-0.05, 0) is 31.5 Å². The molecule has 0 radical (unpaired) electrons. The maximum absolute atomic E-state index is 12.2. The maximum atomic E-state index is 12.2. The predicted octanol–water partition coefficient (Wildman–Crippen LogP) is 2.24. The van der Waals surface area contributed by atoms with E-state index in [1.165, 1.54) is 4.68 Å². The van der Waals surface area contributed by atoms with Gasteiger partial charge in [0.1, 0.15) is 6.07 Å². The van der Waals surface area contributed by atoms with Gasteiger partial charge in [0.05, 0.1) is 24.4 Å². The SMILES string of the molecule is CCOC(=O)C(Cn1cccn1)OC(=O)Nc1c(C)cccc1C#N. The van der Waals surface area contributed by atoms with Crippen molar-refractivity contribution in [1.82, 2.24) is 9.78 Å². The highest BCUT2D eigenvalue weighted by Gasteiger charge is 2.26. The van der Waals surface area contributed by atoms with Gasteiger partial charge in [0.2, 0.25) is 6.10 Å². The fourth-order valence-electron chi connectivity index (χ4n) is 2.16. The molecule has 0 aliphatic carbocycles. The van der Waals surface area contributed by atoms with Crippen LogP contribution in [-0.4, -0.2) is 34.6 Å². The molecule has 1 aromatic carbocycles. The number of hydrogen-bond acceptors (Lipinski definition) is 6. The average molecular weight is 342 g/mol. The van der Waals surface area contributed by atoms with E-state index in [4.69, 9.17) is 14.7 Å². The molecule has 1 atom stereocenters. The zero-order valence-corrected chi connectivity index (χ0v) is 13.9. The van der Waals surface area contributed by atoms with E-state index in [0.717, 1.165) is 0 Å². The van der Waals surface area contributed by atoms with Crippen molar-refractivity contribution in [3.05, 3.63) is 47.8 Å². The van der Waals surface area contributed by atoms with Gasteiger partial charge in [0.25, 0.3) is 0 Å². The third-order valence-electron chi connectivity index (χ3n) is 3.33. The zero-order valence-electron chi connectivity index (χ0n) is 13.9. The maximum Gasteiger partial charge on any atom is 0.412 e. The van der Waals surface area contributed by atoms with Gasteiger partial charge >= 0.3 is 12.1 Å². The number of amides is 1. The molecular formula is C17H18N4O4. The molecule has 0 aliphatic heterocycles. The average Bonchev–Trinajstić information content (AvgIpc) is 3.09. The van der Waals surface area contributed by atoms with Crippen LogP contribution in [0.1, 0.15) is 18.1 Å². The van der Waals surface area contributed by atoms with Crippen molar-refractivity contribution in [3.8, 4) is 6.07 Å². The molecule has 0 fully saturated rings. The van der Waals surface area contributed by atoms with Crippen molar-refractivity contribution in [3.63, 3.8) is 0 Å². The molecule has 0 saturated carbocycles. The third-order valence-corrected chi connectivity index (χ3v) is 3.33.